The minimum atomic E-state index is -6.41. The predicted octanol–water partition coefficient (Wildman–Crippen LogP) is 3.29. The van der Waals surface area contributed by atoms with Crippen molar-refractivity contribution >= 4 is 11.9 Å². The van der Waals surface area contributed by atoms with Crippen LogP contribution < -0.4 is 0 Å². The number of alkyl halides is 8. The Kier molecular flexibility index (Phi) is 3.60. The highest BCUT2D eigenvalue weighted by atomic mass is 35.5. The molecule has 0 aliphatic carbocycles. The summed E-state index contributed by atoms with van der Waals surface area (Å²) in [7, 11) is 0. The van der Waals surface area contributed by atoms with E-state index in [1.807, 2.05) is 0 Å². The van der Waals surface area contributed by atoms with Gasteiger partial charge in [-0.05, 0) is 0 Å². The molecule has 0 atom stereocenters. The number of hydrogen-bond donors (Lipinski definition) is 0. The molecule has 0 amide bonds. The first kappa shape index (κ1) is 13.7. The third kappa shape index (κ3) is 1.88. The Morgan fingerprint density at radius 3 is 1.50 bits per heavy atom. The molecule has 10 heteroatoms. The van der Waals surface area contributed by atoms with Gasteiger partial charge in [0.05, 0.1) is 11.9 Å². The topological polar surface area (TPSA) is 9.23 Å². The molecule has 0 bridgehead atoms. The largest absolute Gasteiger partial charge is 0.441 e. The normalized spacial score (nSPS) is 15.0. The van der Waals surface area contributed by atoms with Crippen molar-refractivity contribution in [3.05, 3.63) is 0 Å². The van der Waals surface area contributed by atoms with Crippen LogP contribution in [-0.2, 0) is 4.29 Å². The van der Waals surface area contributed by atoms with Crippen LogP contribution in [-0.4, -0.2) is 24.4 Å². The van der Waals surface area contributed by atoms with E-state index in [0.717, 1.165) is 0 Å². The number of rotatable bonds is 4. The number of halogens is 9. The maximum Gasteiger partial charge on any atom is 0.441 e. The van der Waals surface area contributed by atoms with Gasteiger partial charge >= 0.3 is 24.4 Å². The molecule has 0 saturated heterocycles. The quantitative estimate of drug-likeness (QED) is 0.698. The van der Waals surface area contributed by atoms with Crippen molar-refractivity contribution in [3.63, 3.8) is 0 Å². The molecule has 0 unspecified atom stereocenters. The predicted molar refractivity (Wildman–Crippen MR) is 27.8 cm³/mol. The molecule has 0 aromatic carbocycles. The molecule has 0 fully saturated rings. The van der Waals surface area contributed by atoms with Crippen LogP contribution in [0.4, 0.5) is 35.1 Å². The van der Waals surface area contributed by atoms with Gasteiger partial charge in [0.1, 0.15) is 0 Å². The maximum absolute atomic E-state index is 12.0. The molecule has 0 aromatic rings. The molecule has 0 spiro atoms. The average molecular weight is 252 g/mol. The summed E-state index contributed by atoms with van der Waals surface area (Å²) in [5.74, 6) is -12.7. The van der Waals surface area contributed by atoms with E-state index < -0.39 is 24.4 Å². The molecule has 86 valence electrons. The molecular weight excluding hydrogens is 251 g/mol. The zero-order chi connectivity index (χ0) is 11.8. The molecule has 0 aliphatic heterocycles. The van der Waals surface area contributed by atoms with E-state index in [2.05, 4.69) is 16.2 Å². The van der Waals surface area contributed by atoms with Gasteiger partial charge in [0.2, 0.25) is 0 Å². The van der Waals surface area contributed by atoms with Crippen molar-refractivity contribution in [1.29, 1.82) is 0 Å². The summed E-state index contributed by atoms with van der Waals surface area (Å²) >= 11 is 3.78. The molecule has 0 aromatic heterocycles. The van der Waals surface area contributed by atoms with Crippen LogP contribution in [0.2, 0.25) is 0 Å². The summed E-state index contributed by atoms with van der Waals surface area (Å²) in [6.45, 7) is 0. The van der Waals surface area contributed by atoms with Gasteiger partial charge in [0.25, 0.3) is 0 Å². The monoisotopic (exact) mass is 252 g/mol. The zero-order valence-corrected chi connectivity index (χ0v) is 6.64. The first-order chi connectivity index (χ1) is 6.00. The SMILES string of the molecule is FC(F)C(F)(F)C(F)(F)C(F)(F)OCl. The van der Waals surface area contributed by atoms with Crippen molar-refractivity contribution in [3.8, 4) is 0 Å². The van der Waals surface area contributed by atoms with Gasteiger partial charge in [-0.1, -0.05) is 0 Å². The van der Waals surface area contributed by atoms with E-state index in [1.54, 1.807) is 0 Å². The summed E-state index contributed by atoms with van der Waals surface area (Å²) in [4.78, 5) is 0. The van der Waals surface area contributed by atoms with Crippen LogP contribution in [0, 0.1) is 0 Å². The Bertz CT molecular complexity index is 204. The lowest BCUT2D eigenvalue weighted by Gasteiger charge is -2.29. The van der Waals surface area contributed by atoms with Gasteiger partial charge < -0.3 is 0 Å². The Labute approximate surface area is 76.7 Å². The molecule has 0 saturated carbocycles. The zero-order valence-electron chi connectivity index (χ0n) is 5.89. The third-order valence-electron chi connectivity index (χ3n) is 1.16. The van der Waals surface area contributed by atoms with Gasteiger partial charge in [-0.3, -0.25) is 0 Å². The van der Waals surface area contributed by atoms with Gasteiger partial charge in [0.15, 0.2) is 0 Å². The fourth-order valence-corrected chi connectivity index (χ4v) is 0.476. The molecule has 0 heterocycles. The van der Waals surface area contributed by atoms with E-state index in [4.69, 9.17) is 0 Å². The van der Waals surface area contributed by atoms with E-state index in [9.17, 15) is 35.1 Å². The van der Waals surface area contributed by atoms with Crippen molar-refractivity contribution in [2.45, 2.75) is 24.4 Å². The summed E-state index contributed by atoms with van der Waals surface area (Å²) < 4.78 is 96.4. The second kappa shape index (κ2) is 3.69. The van der Waals surface area contributed by atoms with Crippen molar-refractivity contribution < 1.29 is 39.4 Å². The first-order valence-electron chi connectivity index (χ1n) is 2.72. The average Bonchev–Trinajstić information content (AvgIpc) is 2.03. The van der Waals surface area contributed by atoms with Crippen LogP contribution in [0.3, 0.4) is 0 Å². The standard InChI is InChI=1S/C4HClF8O/c5-14-4(12,13)3(10,11)2(8,9)1(6)7/h1H. The van der Waals surface area contributed by atoms with Crippen molar-refractivity contribution in [2.75, 3.05) is 0 Å². The first-order valence-corrected chi connectivity index (χ1v) is 3.03. The van der Waals surface area contributed by atoms with Crippen LogP contribution in [0.15, 0.2) is 0 Å². The molecule has 0 radical (unpaired) electrons. The highest BCUT2D eigenvalue weighted by Gasteiger charge is 2.77. The van der Waals surface area contributed by atoms with Gasteiger partial charge in [0, 0.05) is 0 Å². The van der Waals surface area contributed by atoms with Crippen molar-refractivity contribution in [2.24, 2.45) is 0 Å². The smallest absolute Gasteiger partial charge is 0.204 e. The van der Waals surface area contributed by atoms with E-state index >= 15 is 0 Å². The Morgan fingerprint density at radius 1 is 0.929 bits per heavy atom. The summed E-state index contributed by atoms with van der Waals surface area (Å²) in [6.07, 6.45) is -10.9. The van der Waals surface area contributed by atoms with Crippen LogP contribution in [0.5, 0.6) is 0 Å². The Morgan fingerprint density at radius 2 is 1.29 bits per heavy atom. The molecule has 0 aliphatic rings. The molecule has 0 N–H and O–H groups in total. The van der Waals surface area contributed by atoms with E-state index in [0.29, 0.717) is 0 Å². The molecule has 14 heavy (non-hydrogen) atoms. The van der Waals surface area contributed by atoms with E-state index in [-0.39, 0.29) is 0 Å². The molecular formula is C4HClF8O. The molecule has 0 rings (SSSR count). The second-order valence-electron chi connectivity index (χ2n) is 2.09. The fourth-order valence-electron chi connectivity index (χ4n) is 0.380. The van der Waals surface area contributed by atoms with Crippen LogP contribution >= 0.6 is 11.9 Å². The van der Waals surface area contributed by atoms with Crippen LogP contribution in [0.1, 0.15) is 0 Å². The fraction of sp³-hybridized carbons (Fsp3) is 1.00. The van der Waals surface area contributed by atoms with Crippen molar-refractivity contribution in [1.82, 2.24) is 0 Å². The molecule has 1 nitrogen and oxygen atoms in total. The lowest BCUT2D eigenvalue weighted by Crippen LogP contribution is -2.57. The second-order valence-corrected chi connectivity index (χ2v) is 2.25. The van der Waals surface area contributed by atoms with Gasteiger partial charge in [-0.25, -0.2) is 13.1 Å². The lowest BCUT2D eigenvalue weighted by atomic mass is 10.1. The van der Waals surface area contributed by atoms with Gasteiger partial charge in [-0.2, -0.15) is 26.3 Å². The lowest BCUT2D eigenvalue weighted by molar-refractivity contribution is -0.389. The maximum atomic E-state index is 12.0. The minimum absolute atomic E-state index is 2.21. The number of hydrogen-bond acceptors (Lipinski definition) is 1. The van der Waals surface area contributed by atoms with Gasteiger partial charge in [-0.15, -0.1) is 0 Å². The highest BCUT2D eigenvalue weighted by Crippen LogP contribution is 2.49. The summed E-state index contributed by atoms with van der Waals surface area (Å²) in [5.41, 5.74) is 0. The Balaban J connectivity index is 5.14. The Hall–Kier alpha value is -0.310. The van der Waals surface area contributed by atoms with E-state index in [1.165, 1.54) is 0 Å². The summed E-state index contributed by atoms with van der Waals surface area (Å²) in [6, 6.07) is 0. The highest BCUT2D eigenvalue weighted by molar-refractivity contribution is 6.07. The van der Waals surface area contributed by atoms with Crippen LogP contribution in [0.25, 0.3) is 0 Å². The third-order valence-corrected chi connectivity index (χ3v) is 1.35. The summed E-state index contributed by atoms with van der Waals surface area (Å²) in [5, 5.41) is 0. The minimum Gasteiger partial charge on any atom is -0.204 e.